The maximum absolute atomic E-state index is 12.0. The lowest BCUT2D eigenvalue weighted by atomic mass is 10.2. The molecule has 1 aromatic carbocycles. The number of fused-ring (bicyclic) bond motifs is 1. The molecule has 2 aliphatic rings. The van der Waals surface area contributed by atoms with E-state index in [0.29, 0.717) is 5.11 Å². The van der Waals surface area contributed by atoms with Gasteiger partial charge < -0.3 is 15.1 Å². The molecule has 0 bridgehead atoms. The second-order valence-electron chi connectivity index (χ2n) is 5.19. The molecule has 0 aliphatic carbocycles. The molecule has 1 N–H and O–H groups in total. The first kappa shape index (κ1) is 14.5. The summed E-state index contributed by atoms with van der Waals surface area (Å²) in [5.74, 6) is 0. The van der Waals surface area contributed by atoms with E-state index >= 15 is 0 Å². The summed E-state index contributed by atoms with van der Waals surface area (Å²) < 4.78 is 0. The Labute approximate surface area is 134 Å². The van der Waals surface area contributed by atoms with Crippen LogP contribution in [0.15, 0.2) is 41.5 Å². The number of hydrogen-bond donors (Lipinski definition) is 1. The van der Waals surface area contributed by atoms with Crippen LogP contribution in [0.2, 0.25) is 0 Å². The van der Waals surface area contributed by atoms with Crippen molar-refractivity contribution < 1.29 is 4.79 Å². The van der Waals surface area contributed by atoms with Crippen molar-refractivity contribution in [2.75, 3.05) is 14.1 Å². The number of hydrogen-bond acceptors (Lipinski definition) is 3. The first-order chi connectivity index (χ1) is 10.6. The number of rotatable bonds is 3. The Kier molecular flexibility index (Phi) is 3.81. The molecule has 7 heteroatoms. The molecular weight excluding hydrogens is 298 g/mol. The molecule has 2 saturated heterocycles. The van der Waals surface area contributed by atoms with Gasteiger partial charge in [0.1, 0.15) is 6.17 Å². The van der Waals surface area contributed by atoms with E-state index in [9.17, 15) is 4.79 Å². The number of urea groups is 1. The summed E-state index contributed by atoms with van der Waals surface area (Å²) in [7, 11) is 3.73. The molecule has 1 aromatic rings. The number of nitrogens with one attached hydrogen (secondary N) is 1. The van der Waals surface area contributed by atoms with E-state index in [4.69, 9.17) is 12.2 Å². The van der Waals surface area contributed by atoms with Crippen molar-refractivity contribution in [3.05, 3.63) is 42.0 Å². The van der Waals surface area contributed by atoms with Gasteiger partial charge in [-0.25, -0.2) is 4.79 Å². The predicted molar refractivity (Wildman–Crippen MR) is 90.0 cm³/mol. The van der Waals surface area contributed by atoms with Gasteiger partial charge in [0.05, 0.1) is 0 Å². The Morgan fingerprint density at radius 1 is 1.23 bits per heavy atom. The average Bonchev–Trinajstić information content (AvgIpc) is 2.96. The van der Waals surface area contributed by atoms with Gasteiger partial charge in [0, 0.05) is 20.3 Å². The maximum Gasteiger partial charge on any atom is 0.341 e. The summed E-state index contributed by atoms with van der Waals surface area (Å²) in [6, 6.07) is 9.69. The molecule has 2 atom stereocenters. The highest BCUT2D eigenvalue weighted by Crippen LogP contribution is 2.26. The lowest BCUT2D eigenvalue weighted by Crippen LogP contribution is -2.41. The molecular formula is C15H17N5OS. The van der Waals surface area contributed by atoms with Gasteiger partial charge in [0.25, 0.3) is 0 Å². The van der Waals surface area contributed by atoms with Gasteiger partial charge in [-0.05, 0) is 23.9 Å². The third kappa shape index (κ3) is 2.43. The summed E-state index contributed by atoms with van der Waals surface area (Å²) in [5.41, 5.74) is 1.08. The quantitative estimate of drug-likeness (QED) is 0.679. The predicted octanol–water partition coefficient (Wildman–Crippen LogP) is 1.53. The normalized spacial score (nSPS) is 24.7. The minimum absolute atomic E-state index is 0.166. The highest BCUT2D eigenvalue weighted by atomic mass is 32.1. The smallest absolute Gasteiger partial charge is 0.328 e. The van der Waals surface area contributed by atoms with Gasteiger partial charge in [-0.15, -0.1) is 0 Å². The molecule has 2 unspecified atom stereocenters. The van der Waals surface area contributed by atoms with E-state index in [0.717, 1.165) is 5.56 Å². The van der Waals surface area contributed by atoms with E-state index < -0.39 is 0 Å². The highest BCUT2D eigenvalue weighted by Gasteiger charge is 2.51. The van der Waals surface area contributed by atoms with Crippen molar-refractivity contribution in [3.63, 3.8) is 0 Å². The summed E-state index contributed by atoms with van der Waals surface area (Å²) in [6.45, 7) is 0. The number of nitrogens with zero attached hydrogens (tertiary/aromatic N) is 4. The largest absolute Gasteiger partial charge is 0.341 e. The van der Waals surface area contributed by atoms with Crippen LogP contribution in [-0.4, -0.2) is 58.6 Å². The van der Waals surface area contributed by atoms with Gasteiger partial charge in [-0.1, -0.05) is 36.4 Å². The molecule has 2 amide bonds. The van der Waals surface area contributed by atoms with Crippen LogP contribution in [0.4, 0.5) is 4.79 Å². The summed E-state index contributed by atoms with van der Waals surface area (Å²) in [4.78, 5) is 15.8. The second-order valence-corrected chi connectivity index (χ2v) is 5.56. The summed E-state index contributed by atoms with van der Waals surface area (Å²) in [6.07, 6.45) is 4.98. The third-order valence-electron chi connectivity index (χ3n) is 3.80. The van der Waals surface area contributed by atoms with Crippen LogP contribution in [0.5, 0.6) is 0 Å². The molecule has 0 aromatic heterocycles. The van der Waals surface area contributed by atoms with Gasteiger partial charge in [-0.2, -0.15) is 10.1 Å². The number of allylic oxidation sites excluding steroid dienone is 1. The molecule has 0 saturated carbocycles. The number of carbonyl (C=O) groups is 1. The number of carbonyl (C=O) groups excluding carboxylic acids is 1. The van der Waals surface area contributed by atoms with Gasteiger partial charge in [0.15, 0.2) is 11.3 Å². The minimum atomic E-state index is -0.222. The van der Waals surface area contributed by atoms with Gasteiger partial charge in [0.2, 0.25) is 0 Å². The Hall–Kier alpha value is -2.41. The number of thiocarbonyl (C=S) groups is 1. The van der Waals surface area contributed by atoms with E-state index in [1.165, 1.54) is 5.01 Å². The van der Waals surface area contributed by atoms with Crippen molar-refractivity contribution in [2.45, 2.75) is 12.3 Å². The molecule has 0 radical (unpaired) electrons. The lowest BCUT2D eigenvalue weighted by molar-refractivity contribution is 0.162. The van der Waals surface area contributed by atoms with Crippen molar-refractivity contribution in [1.29, 1.82) is 0 Å². The minimum Gasteiger partial charge on any atom is -0.328 e. The van der Waals surface area contributed by atoms with Crippen LogP contribution in [-0.2, 0) is 0 Å². The average molecular weight is 315 g/mol. The van der Waals surface area contributed by atoms with Crippen molar-refractivity contribution in [1.82, 2.24) is 20.1 Å². The van der Waals surface area contributed by atoms with Gasteiger partial charge in [-0.3, -0.25) is 0 Å². The van der Waals surface area contributed by atoms with Crippen molar-refractivity contribution in [3.8, 4) is 0 Å². The van der Waals surface area contributed by atoms with E-state index in [-0.39, 0.29) is 18.4 Å². The number of likely N-dealkylation sites (N-methyl/N-ethyl adjacent to an activating group) is 2. The molecule has 2 fully saturated rings. The zero-order valence-corrected chi connectivity index (χ0v) is 13.2. The van der Waals surface area contributed by atoms with Crippen LogP contribution in [0.1, 0.15) is 5.56 Å². The molecule has 22 heavy (non-hydrogen) atoms. The zero-order valence-electron chi connectivity index (χ0n) is 12.4. The second kappa shape index (κ2) is 5.76. The number of amides is 2. The van der Waals surface area contributed by atoms with E-state index in [1.54, 1.807) is 6.21 Å². The number of benzene rings is 1. The molecule has 114 valence electrons. The molecule has 6 nitrogen and oxygen atoms in total. The number of hydrazone groups is 1. The zero-order chi connectivity index (χ0) is 15.7. The highest BCUT2D eigenvalue weighted by molar-refractivity contribution is 7.80. The van der Waals surface area contributed by atoms with Crippen LogP contribution in [0, 0.1) is 0 Å². The van der Waals surface area contributed by atoms with Crippen molar-refractivity contribution in [2.24, 2.45) is 5.10 Å². The topological polar surface area (TPSA) is 51.2 Å². The fourth-order valence-electron chi connectivity index (χ4n) is 2.62. The maximum atomic E-state index is 12.0. The molecule has 3 rings (SSSR count). The first-order valence-corrected chi connectivity index (χ1v) is 7.35. The SMILES string of the molecule is CN1C(=S)N(C)C2C1NC(=O)N2/N=C/C=C/c1ccccc1. The summed E-state index contributed by atoms with van der Waals surface area (Å²) in [5, 5.41) is 9.26. The van der Waals surface area contributed by atoms with E-state index in [1.807, 2.05) is 66.4 Å². The van der Waals surface area contributed by atoms with Crippen LogP contribution >= 0.6 is 12.2 Å². The van der Waals surface area contributed by atoms with E-state index in [2.05, 4.69) is 10.4 Å². The molecule has 2 heterocycles. The fourth-order valence-corrected chi connectivity index (χ4v) is 2.85. The monoisotopic (exact) mass is 315 g/mol. The van der Waals surface area contributed by atoms with Gasteiger partial charge >= 0.3 is 6.03 Å². The Morgan fingerprint density at radius 2 is 1.95 bits per heavy atom. The summed E-state index contributed by atoms with van der Waals surface area (Å²) >= 11 is 5.32. The molecule has 0 spiro atoms. The third-order valence-corrected chi connectivity index (χ3v) is 4.37. The Balaban J connectivity index is 1.72. The van der Waals surface area contributed by atoms with Crippen LogP contribution in [0.3, 0.4) is 0 Å². The standard InChI is InChI=1S/C15H17N5OS/c1-18-12-13(19(2)15(18)22)20(14(21)17-12)16-10-6-9-11-7-4-3-5-8-11/h3-10,12-13H,1-2H3,(H,17,21)/b9-6+,16-10+. The molecule has 2 aliphatic heterocycles. The van der Waals surface area contributed by atoms with Crippen LogP contribution in [0.25, 0.3) is 6.08 Å². The Bertz CT molecular complexity index is 645. The lowest BCUT2D eigenvalue weighted by Gasteiger charge is -2.23. The van der Waals surface area contributed by atoms with Crippen LogP contribution < -0.4 is 5.32 Å². The fraction of sp³-hybridized carbons (Fsp3) is 0.267. The first-order valence-electron chi connectivity index (χ1n) is 6.94. The van der Waals surface area contributed by atoms with Crippen molar-refractivity contribution >= 4 is 35.7 Å². The Morgan fingerprint density at radius 3 is 2.68 bits per heavy atom.